The van der Waals surface area contributed by atoms with Crippen molar-refractivity contribution in [3.8, 4) is 0 Å². The zero-order valence-corrected chi connectivity index (χ0v) is 12.1. The quantitative estimate of drug-likeness (QED) is 0.832. The molecule has 2 fully saturated rings. The molecule has 0 aromatic rings. The number of carbonyl (C=O) groups excluding carboxylic acids is 1. The topological polar surface area (TPSA) is 70.1 Å². The number of rotatable bonds is 2. The van der Waals surface area contributed by atoms with E-state index in [1.807, 2.05) is 4.90 Å². The number of carbonyl (C=O) groups is 2. The summed E-state index contributed by atoms with van der Waals surface area (Å²) in [6, 6.07) is 0. The van der Waals surface area contributed by atoms with Crippen LogP contribution in [0.1, 0.15) is 32.1 Å². The highest BCUT2D eigenvalue weighted by molar-refractivity contribution is 5.79. The molecule has 1 saturated heterocycles. The summed E-state index contributed by atoms with van der Waals surface area (Å²) in [7, 11) is 1.72. The van der Waals surface area contributed by atoms with Crippen molar-refractivity contribution in [1.82, 2.24) is 9.80 Å². The molecule has 0 spiro atoms. The van der Waals surface area contributed by atoms with Gasteiger partial charge in [0.25, 0.3) is 0 Å². The van der Waals surface area contributed by atoms with Crippen molar-refractivity contribution in [1.29, 1.82) is 0 Å². The van der Waals surface area contributed by atoms with Gasteiger partial charge in [0.2, 0.25) is 5.91 Å². The molecule has 0 unspecified atom stereocenters. The number of ether oxygens (including phenoxy) is 1. The lowest BCUT2D eigenvalue weighted by Crippen LogP contribution is -2.41. The predicted molar refractivity (Wildman–Crippen MR) is 73.5 cm³/mol. The van der Waals surface area contributed by atoms with Crippen molar-refractivity contribution in [2.45, 2.75) is 38.2 Å². The Morgan fingerprint density at radius 1 is 1.00 bits per heavy atom. The number of methoxy groups -OCH3 is 1. The molecule has 0 atom stereocenters. The van der Waals surface area contributed by atoms with Gasteiger partial charge in [0, 0.05) is 39.2 Å². The minimum Gasteiger partial charge on any atom is -0.465 e. The van der Waals surface area contributed by atoms with Gasteiger partial charge in [0.15, 0.2) is 0 Å². The SMILES string of the molecule is COC1CCC(C(=O)N2CCCN(C(=O)O)CC2)CC1. The van der Waals surface area contributed by atoms with E-state index in [-0.39, 0.29) is 11.8 Å². The third-order valence-electron chi connectivity index (χ3n) is 4.43. The van der Waals surface area contributed by atoms with Gasteiger partial charge in [0.05, 0.1) is 6.10 Å². The van der Waals surface area contributed by atoms with E-state index >= 15 is 0 Å². The number of nitrogens with zero attached hydrogens (tertiary/aromatic N) is 2. The largest absolute Gasteiger partial charge is 0.465 e. The number of hydrogen-bond donors (Lipinski definition) is 1. The zero-order valence-electron chi connectivity index (χ0n) is 12.1. The molecule has 6 heteroatoms. The van der Waals surface area contributed by atoms with Gasteiger partial charge in [-0.15, -0.1) is 0 Å². The van der Waals surface area contributed by atoms with Crippen LogP contribution in [0.2, 0.25) is 0 Å². The summed E-state index contributed by atoms with van der Waals surface area (Å²) >= 11 is 0. The second-order valence-corrected chi connectivity index (χ2v) is 5.66. The van der Waals surface area contributed by atoms with Gasteiger partial charge in [-0.1, -0.05) is 0 Å². The number of carboxylic acid groups (broad SMARTS) is 1. The summed E-state index contributed by atoms with van der Waals surface area (Å²) in [6.45, 7) is 2.15. The molecule has 2 aliphatic rings. The molecule has 20 heavy (non-hydrogen) atoms. The molecule has 1 aliphatic carbocycles. The molecule has 1 N–H and O–H groups in total. The van der Waals surface area contributed by atoms with E-state index in [0.29, 0.717) is 32.3 Å². The summed E-state index contributed by atoms with van der Waals surface area (Å²) in [5, 5.41) is 9.00. The molecule has 6 nitrogen and oxygen atoms in total. The average molecular weight is 284 g/mol. The summed E-state index contributed by atoms with van der Waals surface area (Å²) in [5.41, 5.74) is 0. The van der Waals surface area contributed by atoms with Crippen LogP contribution in [0.5, 0.6) is 0 Å². The molecule has 2 amide bonds. The lowest BCUT2D eigenvalue weighted by Gasteiger charge is -2.31. The summed E-state index contributed by atoms with van der Waals surface area (Å²) in [5.74, 6) is 0.296. The van der Waals surface area contributed by atoms with E-state index in [9.17, 15) is 9.59 Å². The Balaban J connectivity index is 1.85. The first-order valence-electron chi connectivity index (χ1n) is 7.41. The summed E-state index contributed by atoms with van der Waals surface area (Å²) in [6.07, 6.45) is 3.80. The Morgan fingerprint density at radius 3 is 2.20 bits per heavy atom. The van der Waals surface area contributed by atoms with Crippen LogP contribution < -0.4 is 0 Å². The minimum absolute atomic E-state index is 0.0952. The first-order chi connectivity index (χ1) is 9.61. The molecular formula is C14H24N2O4. The molecular weight excluding hydrogens is 260 g/mol. The lowest BCUT2D eigenvalue weighted by molar-refractivity contribution is -0.137. The molecule has 1 heterocycles. The summed E-state index contributed by atoms with van der Waals surface area (Å²) < 4.78 is 5.33. The van der Waals surface area contributed by atoms with Gasteiger partial charge < -0.3 is 19.6 Å². The van der Waals surface area contributed by atoms with E-state index in [1.165, 1.54) is 4.90 Å². The molecule has 0 radical (unpaired) electrons. The van der Waals surface area contributed by atoms with Crippen LogP contribution in [0.25, 0.3) is 0 Å². The Morgan fingerprint density at radius 2 is 1.60 bits per heavy atom. The Hall–Kier alpha value is -1.30. The third kappa shape index (κ3) is 3.62. The molecule has 0 aromatic heterocycles. The number of hydrogen-bond acceptors (Lipinski definition) is 3. The van der Waals surface area contributed by atoms with Gasteiger partial charge in [0.1, 0.15) is 0 Å². The molecule has 0 aromatic carbocycles. The van der Waals surface area contributed by atoms with Crippen LogP contribution >= 0.6 is 0 Å². The van der Waals surface area contributed by atoms with E-state index in [0.717, 1.165) is 32.1 Å². The molecule has 114 valence electrons. The predicted octanol–water partition coefficient (Wildman–Crippen LogP) is 1.40. The van der Waals surface area contributed by atoms with E-state index in [4.69, 9.17) is 9.84 Å². The maximum Gasteiger partial charge on any atom is 0.407 e. The normalized spacial score (nSPS) is 28.1. The summed E-state index contributed by atoms with van der Waals surface area (Å²) in [4.78, 5) is 26.7. The van der Waals surface area contributed by atoms with E-state index in [2.05, 4.69) is 0 Å². The van der Waals surface area contributed by atoms with Gasteiger partial charge in [-0.2, -0.15) is 0 Å². The van der Waals surface area contributed by atoms with Crippen LogP contribution in [0.3, 0.4) is 0 Å². The highest BCUT2D eigenvalue weighted by Crippen LogP contribution is 2.27. The Kier molecular flexibility index (Phi) is 5.23. The monoisotopic (exact) mass is 284 g/mol. The maximum absolute atomic E-state index is 12.5. The second kappa shape index (κ2) is 6.92. The maximum atomic E-state index is 12.5. The minimum atomic E-state index is -0.889. The zero-order chi connectivity index (χ0) is 14.5. The Labute approximate surface area is 119 Å². The average Bonchev–Trinajstić information content (AvgIpc) is 2.72. The van der Waals surface area contributed by atoms with Gasteiger partial charge >= 0.3 is 6.09 Å². The number of amides is 2. The van der Waals surface area contributed by atoms with Crippen LogP contribution in [0.15, 0.2) is 0 Å². The standard InChI is InChI=1S/C14H24N2O4/c1-20-12-5-3-11(4-6-12)13(17)15-7-2-8-16(10-9-15)14(18)19/h11-12H,2-10H2,1H3,(H,18,19). The van der Waals surface area contributed by atoms with Crippen molar-refractivity contribution < 1.29 is 19.4 Å². The first kappa shape index (κ1) is 15.1. The Bertz CT molecular complexity index is 353. The van der Waals surface area contributed by atoms with Crippen LogP contribution in [0.4, 0.5) is 4.79 Å². The molecule has 0 bridgehead atoms. The van der Waals surface area contributed by atoms with Crippen molar-refractivity contribution in [3.05, 3.63) is 0 Å². The fourth-order valence-electron chi connectivity index (χ4n) is 3.13. The van der Waals surface area contributed by atoms with Gasteiger partial charge in [-0.25, -0.2) is 4.79 Å². The van der Waals surface area contributed by atoms with Crippen LogP contribution in [0, 0.1) is 5.92 Å². The van der Waals surface area contributed by atoms with Crippen molar-refractivity contribution in [2.75, 3.05) is 33.3 Å². The highest BCUT2D eigenvalue weighted by Gasteiger charge is 2.30. The van der Waals surface area contributed by atoms with Gasteiger partial charge in [-0.05, 0) is 32.1 Å². The smallest absolute Gasteiger partial charge is 0.407 e. The molecule has 1 aliphatic heterocycles. The van der Waals surface area contributed by atoms with Gasteiger partial charge in [-0.3, -0.25) is 4.79 Å². The fourth-order valence-corrected chi connectivity index (χ4v) is 3.13. The second-order valence-electron chi connectivity index (χ2n) is 5.66. The van der Waals surface area contributed by atoms with E-state index in [1.54, 1.807) is 7.11 Å². The highest BCUT2D eigenvalue weighted by atomic mass is 16.5. The first-order valence-corrected chi connectivity index (χ1v) is 7.41. The third-order valence-corrected chi connectivity index (χ3v) is 4.43. The lowest BCUT2D eigenvalue weighted by atomic mass is 9.86. The van der Waals surface area contributed by atoms with Crippen LogP contribution in [-0.2, 0) is 9.53 Å². The fraction of sp³-hybridized carbons (Fsp3) is 0.857. The molecule has 2 rings (SSSR count). The van der Waals surface area contributed by atoms with Crippen molar-refractivity contribution >= 4 is 12.0 Å². The van der Waals surface area contributed by atoms with Crippen LogP contribution in [-0.4, -0.2) is 66.3 Å². The van der Waals surface area contributed by atoms with Crippen molar-refractivity contribution in [2.24, 2.45) is 5.92 Å². The van der Waals surface area contributed by atoms with Crippen molar-refractivity contribution in [3.63, 3.8) is 0 Å². The van der Waals surface area contributed by atoms with E-state index < -0.39 is 6.09 Å². The molecule has 1 saturated carbocycles.